The van der Waals surface area contributed by atoms with E-state index in [1.807, 2.05) is 56.3 Å². The number of hydrogen-bond donors (Lipinski definition) is 1. The molecule has 32 heavy (non-hydrogen) atoms. The molecule has 1 N–H and O–H groups in total. The summed E-state index contributed by atoms with van der Waals surface area (Å²) in [5.74, 6) is -1.55. The number of rotatable bonds is 6. The highest BCUT2D eigenvalue weighted by Gasteiger charge is 2.46. The van der Waals surface area contributed by atoms with Gasteiger partial charge in [-0.25, -0.2) is 4.68 Å². The Morgan fingerprint density at radius 2 is 1.78 bits per heavy atom. The molecule has 1 saturated heterocycles. The highest BCUT2D eigenvalue weighted by atomic mass is 16.3. The molecule has 1 aliphatic heterocycles. The van der Waals surface area contributed by atoms with E-state index in [1.54, 1.807) is 29.2 Å². The number of aromatic nitrogens is 3. The van der Waals surface area contributed by atoms with Gasteiger partial charge in [-0.05, 0) is 50.8 Å². The summed E-state index contributed by atoms with van der Waals surface area (Å²) in [5, 5.41) is 15.7. The van der Waals surface area contributed by atoms with Crippen molar-refractivity contribution >= 4 is 17.4 Å². The molecule has 4 rings (SSSR count). The quantitative estimate of drug-likeness (QED) is 0.366. The third-order valence-corrected chi connectivity index (χ3v) is 5.62. The summed E-state index contributed by atoms with van der Waals surface area (Å²) in [5.41, 5.74) is 2.70. The summed E-state index contributed by atoms with van der Waals surface area (Å²) in [6.07, 6.45) is 4.74. The highest BCUT2D eigenvalue weighted by Crippen LogP contribution is 2.39. The van der Waals surface area contributed by atoms with Crippen molar-refractivity contribution in [2.24, 2.45) is 0 Å². The van der Waals surface area contributed by atoms with Crippen molar-refractivity contribution in [2.45, 2.75) is 13.0 Å². The molecule has 1 fully saturated rings. The summed E-state index contributed by atoms with van der Waals surface area (Å²) < 4.78 is 1.69. The lowest BCUT2D eigenvalue weighted by Gasteiger charge is -2.26. The number of aliphatic hydroxyl groups is 1. The van der Waals surface area contributed by atoms with E-state index in [0.717, 1.165) is 5.69 Å². The number of likely N-dealkylation sites (N-methyl/N-ethyl adjacent to an activating group) is 1. The first-order valence-electron chi connectivity index (χ1n) is 10.3. The van der Waals surface area contributed by atoms with E-state index in [1.165, 1.54) is 11.1 Å². The van der Waals surface area contributed by atoms with Crippen molar-refractivity contribution in [2.75, 3.05) is 27.2 Å². The number of aliphatic hydroxyl groups excluding tert-OH is 1. The Kier molecular flexibility index (Phi) is 5.87. The number of benzene rings is 1. The maximum atomic E-state index is 13.1. The molecule has 2 aromatic heterocycles. The zero-order valence-corrected chi connectivity index (χ0v) is 18.3. The molecule has 0 radical (unpaired) electrons. The lowest BCUT2D eigenvalue weighted by atomic mass is 9.96. The predicted molar refractivity (Wildman–Crippen MR) is 120 cm³/mol. The van der Waals surface area contributed by atoms with Crippen LogP contribution in [0.3, 0.4) is 0 Å². The highest BCUT2D eigenvalue weighted by molar-refractivity contribution is 6.46. The van der Waals surface area contributed by atoms with Gasteiger partial charge in [0.2, 0.25) is 0 Å². The fraction of sp³-hybridized carbons (Fsp3) is 0.250. The molecule has 0 aliphatic carbocycles. The SMILES string of the molecule is Cc1c(/C(O)=C2\C(=O)C(=O)N(CCN(C)C)[C@@H]2c2ccncc2)cnn1-c1ccccc1. The first kappa shape index (κ1) is 21.5. The van der Waals surface area contributed by atoms with Gasteiger partial charge >= 0.3 is 0 Å². The van der Waals surface area contributed by atoms with Crippen LogP contribution in [0, 0.1) is 6.92 Å². The molecule has 1 aromatic carbocycles. The van der Waals surface area contributed by atoms with Crippen LogP contribution in [0.5, 0.6) is 0 Å². The Labute approximate surface area is 186 Å². The second kappa shape index (κ2) is 8.76. The van der Waals surface area contributed by atoms with Gasteiger partial charge in [0.1, 0.15) is 5.76 Å². The summed E-state index contributed by atoms with van der Waals surface area (Å²) in [6.45, 7) is 2.75. The number of carbonyl (C=O) groups is 2. The lowest BCUT2D eigenvalue weighted by Crippen LogP contribution is -2.35. The molecule has 0 spiro atoms. The summed E-state index contributed by atoms with van der Waals surface area (Å²) in [4.78, 5) is 33.5. The smallest absolute Gasteiger partial charge is 0.295 e. The van der Waals surface area contributed by atoms with E-state index in [9.17, 15) is 14.7 Å². The van der Waals surface area contributed by atoms with Crippen molar-refractivity contribution in [3.8, 4) is 5.69 Å². The van der Waals surface area contributed by atoms with E-state index in [0.29, 0.717) is 29.9 Å². The molecule has 3 heterocycles. The van der Waals surface area contributed by atoms with E-state index >= 15 is 0 Å². The third-order valence-electron chi connectivity index (χ3n) is 5.62. The van der Waals surface area contributed by atoms with Crippen LogP contribution in [-0.2, 0) is 9.59 Å². The van der Waals surface area contributed by atoms with Gasteiger partial charge in [-0.3, -0.25) is 14.6 Å². The minimum atomic E-state index is -0.699. The zero-order valence-electron chi connectivity index (χ0n) is 18.3. The Balaban J connectivity index is 1.83. The molecule has 0 bridgehead atoms. The molecule has 0 saturated carbocycles. The van der Waals surface area contributed by atoms with Crippen LogP contribution in [0.2, 0.25) is 0 Å². The van der Waals surface area contributed by atoms with E-state index in [-0.39, 0.29) is 11.3 Å². The van der Waals surface area contributed by atoms with Gasteiger partial charge in [-0.1, -0.05) is 18.2 Å². The van der Waals surface area contributed by atoms with Gasteiger partial charge in [0.15, 0.2) is 0 Å². The van der Waals surface area contributed by atoms with Gasteiger partial charge in [0.25, 0.3) is 11.7 Å². The minimum absolute atomic E-state index is 0.0654. The van der Waals surface area contributed by atoms with Gasteiger partial charge in [-0.15, -0.1) is 0 Å². The number of amides is 1. The molecule has 3 aromatic rings. The van der Waals surface area contributed by atoms with Crippen molar-refractivity contribution in [3.05, 3.63) is 83.4 Å². The number of Topliss-reactive ketones (excluding diaryl/α,β-unsaturated/α-hetero) is 1. The number of para-hydroxylation sites is 1. The van der Waals surface area contributed by atoms with E-state index in [4.69, 9.17) is 0 Å². The van der Waals surface area contributed by atoms with Crippen LogP contribution in [0.15, 0.2) is 66.6 Å². The topological polar surface area (TPSA) is 91.6 Å². The van der Waals surface area contributed by atoms with Gasteiger partial charge in [-0.2, -0.15) is 5.10 Å². The maximum absolute atomic E-state index is 13.1. The first-order chi connectivity index (χ1) is 15.4. The summed E-state index contributed by atoms with van der Waals surface area (Å²) >= 11 is 0. The van der Waals surface area contributed by atoms with Crippen LogP contribution in [0.1, 0.15) is 22.9 Å². The Morgan fingerprint density at radius 1 is 1.09 bits per heavy atom. The van der Waals surface area contributed by atoms with E-state index in [2.05, 4.69) is 10.1 Å². The molecular formula is C24H25N5O3. The van der Waals surface area contributed by atoms with E-state index < -0.39 is 17.7 Å². The van der Waals surface area contributed by atoms with Gasteiger partial charge in [0, 0.05) is 25.5 Å². The second-order valence-corrected chi connectivity index (χ2v) is 7.97. The fourth-order valence-corrected chi connectivity index (χ4v) is 3.93. The number of nitrogens with zero attached hydrogens (tertiary/aromatic N) is 5. The van der Waals surface area contributed by atoms with Crippen molar-refractivity contribution in [1.82, 2.24) is 24.6 Å². The molecule has 1 atom stereocenters. The van der Waals surface area contributed by atoms with Crippen LogP contribution in [0.4, 0.5) is 0 Å². The summed E-state index contributed by atoms with van der Waals surface area (Å²) in [7, 11) is 3.80. The van der Waals surface area contributed by atoms with Crippen molar-refractivity contribution in [3.63, 3.8) is 0 Å². The average Bonchev–Trinajstić information content (AvgIpc) is 3.30. The molecular weight excluding hydrogens is 406 g/mol. The van der Waals surface area contributed by atoms with Crippen LogP contribution in [-0.4, -0.2) is 68.5 Å². The largest absolute Gasteiger partial charge is 0.507 e. The molecule has 8 heteroatoms. The number of likely N-dealkylation sites (tertiary alicyclic amines) is 1. The number of ketones is 1. The van der Waals surface area contributed by atoms with Crippen LogP contribution in [0.25, 0.3) is 11.4 Å². The second-order valence-electron chi connectivity index (χ2n) is 7.97. The Hall–Kier alpha value is -3.78. The minimum Gasteiger partial charge on any atom is -0.507 e. The number of hydrogen-bond acceptors (Lipinski definition) is 6. The lowest BCUT2D eigenvalue weighted by molar-refractivity contribution is -0.140. The van der Waals surface area contributed by atoms with Crippen molar-refractivity contribution < 1.29 is 14.7 Å². The monoisotopic (exact) mass is 431 g/mol. The molecule has 1 amide bonds. The van der Waals surface area contributed by atoms with Crippen LogP contribution >= 0.6 is 0 Å². The fourth-order valence-electron chi connectivity index (χ4n) is 3.93. The van der Waals surface area contributed by atoms with Gasteiger partial charge in [0.05, 0.1) is 34.8 Å². The normalized spacial score (nSPS) is 18.0. The molecule has 8 nitrogen and oxygen atoms in total. The first-order valence-corrected chi connectivity index (χ1v) is 10.3. The number of carbonyl (C=O) groups excluding carboxylic acids is 2. The molecule has 164 valence electrons. The van der Waals surface area contributed by atoms with Crippen LogP contribution < -0.4 is 0 Å². The standard InChI is InChI=1S/C24H25N5O3/c1-16-19(15-26-29(16)18-7-5-4-6-8-18)22(30)20-21(17-9-11-25-12-10-17)28(14-13-27(2)3)24(32)23(20)31/h4-12,15,21,30H,13-14H2,1-3H3/b22-20+/t21-/m1/s1. The third kappa shape index (κ3) is 3.80. The zero-order chi connectivity index (χ0) is 22.8. The Morgan fingerprint density at radius 3 is 2.44 bits per heavy atom. The maximum Gasteiger partial charge on any atom is 0.295 e. The predicted octanol–water partition coefficient (Wildman–Crippen LogP) is 2.56. The van der Waals surface area contributed by atoms with Crippen molar-refractivity contribution in [1.29, 1.82) is 0 Å². The number of pyridine rings is 1. The molecule has 0 unspecified atom stereocenters. The summed E-state index contributed by atoms with van der Waals surface area (Å²) in [6, 6.07) is 12.3. The molecule has 1 aliphatic rings. The van der Waals surface area contributed by atoms with Gasteiger partial charge < -0.3 is 14.9 Å². The Bertz CT molecular complexity index is 1170. The average molecular weight is 431 g/mol.